The maximum absolute atomic E-state index is 12.6. The van der Waals surface area contributed by atoms with E-state index in [0.717, 1.165) is 41.9 Å². The van der Waals surface area contributed by atoms with Crippen LogP contribution in [0.25, 0.3) is 0 Å². The lowest BCUT2D eigenvalue weighted by molar-refractivity contribution is 0.0526. The zero-order valence-electron chi connectivity index (χ0n) is 15.3. The average molecular weight is 423 g/mol. The molecule has 1 aromatic heterocycles. The van der Waals surface area contributed by atoms with Crippen molar-refractivity contribution in [2.75, 3.05) is 17.2 Å². The topological polar surface area (TPSA) is 50.4 Å². The molecule has 2 aromatic rings. The number of hydrogen-bond donors (Lipinski definition) is 2. The lowest BCUT2D eigenvalue weighted by Crippen LogP contribution is -2.20. The molecule has 1 heterocycles. The Morgan fingerprint density at radius 1 is 1.22 bits per heavy atom. The van der Waals surface area contributed by atoms with E-state index in [2.05, 4.69) is 10.6 Å². The van der Waals surface area contributed by atoms with Crippen molar-refractivity contribution in [3.05, 3.63) is 45.3 Å². The lowest BCUT2D eigenvalue weighted by atomic mass is 9.96. The number of ether oxygens (including phenoxy) is 1. The summed E-state index contributed by atoms with van der Waals surface area (Å²) >= 11 is 13.1. The van der Waals surface area contributed by atoms with Crippen LogP contribution in [0.3, 0.4) is 0 Å². The van der Waals surface area contributed by atoms with Gasteiger partial charge in [0.25, 0.3) is 0 Å². The van der Waals surface area contributed by atoms with Gasteiger partial charge in [-0.05, 0) is 68.6 Å². The van der Waals surface area contributed by atoms with Crippen LogP contribution in [0.1, 0.15) is 53.4 Å². The normalized spacial score (nSPS) is 13.9. The Morgan fingerprint density at radius 2 is 2.00 bits per heavy atom. The largest absolute Gasteiger partial charge is 0.462 e. The number of halogens is 1. The molecule has 27 heavy (non-hydrogen) atoms. The maximum atomic E-state index is 12.6. The Bertz CT molecular complexity index is 835. The van der Waals surface area contributed by atoms with Gasteiger partial charge in [0.1, 0.15) is 5.00 Å². The van der Waals surface area contributed by atoms with Crippen LogP contribution in [-0.4, -0.2) is 17.7 Å². The monoisotopic (exact) mass is 422 g/mol. The van der Waals surface area contributed by atoms with Crippen LogP contribution in [0.5, 0.6) is 0 Å². The molecule has 144 valence electrons. The Kier molecular flexibility index (Phi) is 7.10. The zero-order chi connectivity index (χ0) is 19.2. The number of carbonyl (C=O) groups is 1. The molecule has 0 radical (unpaired) electrons. The SMILES string of the molecule is CCOC(=O)c1c(NC(=S)Nc2cccc(Cl)c2)sc2c1CCCCCC2. The molecule has 0 saturated carbocycles. The maximum Gasteiger partial charge on any atom is 0.341 e. The number of esters is 1. The van der Waals surface area contributed by atoms with Gasteiger partial charge in [-0.1, -0.05) is 30.5 Å². The minimum Gasteiger partial charge on any atom is -0.462 e. The van der Waals surface area contributed by atoms with Gasteiger partial charge in [0, 0.05) is 15.6 Å². The van der Waals surface area contributed by atoms with Gasteiger partial charge >= 0.3 is 5.97 Å². The molecule has 3 rings (SSSR count). The summed E-state index contributed by atoms with van der Waals surface area (Å²) in [6.45, 7) is 2.18. The van der Waals surface area contributed by atoms with Gasteiger partial charge < -0.3 is 15.4 Å². The van der Waals surface area contributed by atoms with Gasteiger partial charge in [0.2, 0.25) is 0 Å². The van der Waals surface area contributed by atoms with E-state index >= 15 is 0 Å². The second kappa shape index (κ2) is 9.53. The molecular formula is C20H23ClN2O2S2. The molecule has 7 heteroatoms. The van der Waals surface area contributed by atoms with Gasteiger partial charge in [-0.15, -0.1) is 11.3 Å². The molecule has 0 saturated heterocycles. The molecule has 0 unspecified atom stereocenters. The standard InChI is InChI=1S/C20H23ClN2O2S2/c1-2-25-19(24)17-15-10-5-3-4-6-11-16(15)27-18(17)23-20(26)22-14-9-7-8-13(21)12-14/h7-9,12H,2-6,10-11H2,1H3,(H2,22,23,26). The summed E-state index contributed by atoms with van der Waals surface area (Å²) in [4.78, 5) is 13.9. The van der Waals surface area contributed by atoms with Crippen LogP contribution in [0.15, 0.2) is 24.3 Å². The summed E-state index contributed by atoms with van der Waals surface area (Å²) < 4.78 is 5.33. The van der Waals surface area contributed by atoms with E-state index in [1.807, 2.05) is 19.1 Å². The van der Waals surface area contributed by atoms with Crippen LogP contribution in [0, 0.1) is 0 Å². The molecule has 1 aliphatic carbocycles. The Hall–Kier alpha value is -1.63. The summed E-state index contributed by atoms with van der Waals surface area (Å²) in [5, 5.41) is 8.16. The summed E-state index contributed by atoms with van der Waals surface area (Å²) in [5.74, 6) is -0.274. The van der Waals surface area contributed by atoms with Crippen molar-refractivity contribution in [3.63, 3.8) is 0 Å². The molecule has 1 aliphatic rings. The van der Waals surface area contributed by atoms with Crippen molar-refractivity contribution in [1.29, 1.82) is 0 Å². The molecule has 0 bridgehead atoms. The van der Waals surface area contributed by atoms with Gasteiger partial charge in [0.15, 0.2) is 5.11 Å². The highest BCUT2D eigenvalue weighted by molar-refractivity contribution is 7.80. The summed E-state index contributed by atoms with van der Waals surface area (Å²) in [6.07, 6.45) is 6.61. The number of rotatable bonds is 4. The smallest absolute Gasteiger partial charge is 0.341 e. The van der Waals surface area contributed by atoms with Crippen LogP contribution in [-0.2, 0) is 17.6 Å². The third kappa shape index (κ3) is 5.21. The van der Waals surface area contributed by atoms with E-state index in [9.17, 15) is 4.79 Å². The first-order chi connectivity index (χ1) is 13.1. The first-order valence-electron chi connectivity index (χ1n) is 9.23. The number of thiophene rings is 1. The molecule has 0 spiro atoms. The third-order valence-corrected chi connectivity index (χ3v) is 6.11. The predicted octanol–water partition coefficient (Wildman–Crippen LogP) is 6.05. The van der Waals surface area contributed by atoms with Crippen molar-refractivity contribution in [3.8, 4) is 0 Å². The highest BCUT2D eigenvalue weighted by atomic mass is 35.5. The van der Waals surface area contributed by atoms with Gasteiger partial charge in [0.05, 0.1) is 12.2 Å². The third-order valence-electron chi connectivity index (χ3n) is 4.46. The number of carbonyl (C=O) groups excluding carboxylic acids is 1. The number of nitrogens with one attached hydrogen (secondary N) is 2. The quantitative estimate of drug-likeness (QED) is 0.464. The fraction of sp³-hybridized carbons (Fsp3) is 0.400. The van der Waals surface area contributed by atoms with Crippen LogP contribution >= 0.6 is 35.2 Å². The molecule has 0 aliphatic heterocycles. The summed E-state index contributed by atoms with van der Waals surface area (Å²) in [6, 6.07) is 7.35. The molecule has 0 atom stereocenters. The van der Waals surface area contributed by atoms with E-state index in [1.54, 1.807) is 23.5 Å². The molecule has 4 nitrogen and oxygen atoms in total. The van der Waals surface area contributed by atoms with Gasteiger partial charge in [-0.3, -0.25) is 0 Å². The van der Waals surface area contributed by atoms with E-state index < -0.39 is 0 Å². The first kappa shape index (κ1) is 20.1. The van der Waals surface area contributed by atoms with Gasteiger partial charge in [-0.25, -0.2) is 4.79 Å². The minimum absolute atomic E-state index is 0.274. The van der Waals surface area contributed by atoms with Crippen molar-refractivity contribution in [2.45, 2.75) is 45.4 Å². The number of anilines is 2. The predicted molar refractivity (Wildman–Crippen MR) is 117 cm³/mol. The van der Waals surface area contributed by atoms with Crippen molar-refractivity contribution >= 4 is 56.9 Å². The summed E-state index contributed by atoms with van der Waals surface area (Å²) in [7, 11) is 0. The average Bonchev–Trinajstić information content (AvgIpc) is 2.91. The van der Waals surface area contributed by atoms with E-state index in [4.69, 9.17) is 28.6 Å². The van der Waals surface area contributed by atoms with Crippen LogP contribution < -0.4 is 10.6 Å². The number of thiocarbonyl (C=S) groups is 1. The second-order valence-electron chi connectivity index (χ2n) is 6.43. The summed E-state index contributed by atoms with van der Waals surface area (Å²) in [5.41, 5.74) is 2.58. The minimum atomic E-state index is -0.274. The Morgan fingerprint density at radius 3 is 2.74 bits per heavy atom. The van der Waals surface area contributed by atoms with Crippen molar-refractivity contribution in [2.24, 2.45) is 0 Å². The van der Waals surface area contributed by atoms with E-state index in [-0.39, 0.29) is 5.97 Å². The van der Waals surface area contributed by atoms with E-state index in [1.165, 1.54) is 17.7 Å². The molecule has 1 aromatic carbocycles. The zero-order valence-corrected chi connectivity index (χ0v) is 17.7. The lowest BCUT2D eigenvalue weighted by Gasteiger charge is -2.12. The first-order valence-corrected chi connectivity index (χ1v) is 10.8. The molecule has 2 N–H and O–H groups in total. The number of benzene rings is 1. The highest BCUT2D eigenvalue weighted by Crippen LogP contribution is 2.37. The van der Waals surface area contributed by atoms with Crippen LogP contribution in [0.4, 0.5) is 10.7 Å². The van der Waals surface area contributed by atoms with Crippen LogP contribution in [0.2, 0.25) is 5.02 Å². The second-order valence-corrected chi connectivity index (χ2v) is 8.38. The molecule has 0 fully saturated rings. The number of fused-ring (bicyclic) bond motifs is 1. The fourth-order valence-electron chi connectivity index (χ4n) is 3.26. The van der Waals surface area contributed by atoms with E-state index in [0.29, 0.717) is 22.3 Å². The Labute approximate surface area is 174 Å². The fourth-order valence-corrected chi connectivity index (χ4v) is 5.02. The highest BCUT2D eigenvalue weighted by Gasteiger charge is 2.25. The molecule has 0 amide bonds. The number of hydrogen-bond acceptors (Lipinski definition) is 4. The molecular weight excluding hydrogens is 400 g/mol. The van der Waals surface area contributed by atoms with Crippen molar-refractivity contribution in [1.82, 2.24) is 0 Å². The Balaban J connectivity index is 1.85. The van der Waals surface area contributed by atoms with Crippen molar-refractivity contribution < 1.29 is 9.53 Å². The number of aryl methyl sites for hydroxylation is 1. The van der Waals surface area contributed by atoms with Gasteiger partial charge in [-0.2, -0.15) is 0 Å².